The quantitative estimate of drug-likeness (QED) is 0.455. The van der Waals surface area contributed by atoms with Crippen molar-refractivity contribution >= 4 is 23.0 Å². The van der Waals surface area contributed by atoms with Crippen LogP contribution in [0.15, 0.2) is 36.4 Å². The molecule has 0 saturated heterocycles. The van der Waals surface area contributed by atoms with Crippen LogP contribution in [0.2, 0.25) is 0 Å². The number of rotatable bonds is 7. The highest BCUT2D eigenvalue weighted by Crippen LogP contribution is 2.24. The molecule has 7 nitrogen and oxygen atoms in total. The van der Waals surface area contributed by atoms with E-state index in [1.807, 2.05) is 0 Å². The highest BCUT2D eigenvalue weighted by atomic mass is 19.1. The zero-order valence-electron chi connectivity index (χ0n) is 13.8. The van der Waals surface area contributed by atoms with Crippen LogP contribution in [0.25, 0.3) is 0 Å². The van der Waals surface area contributed by atoms with Gasteiger partial charge in [-0.05, 0) is 30.7 Å². The van der Waals surface area contributed by atoms with Crippen LogP contribution in [-0.2, 0) is 4.74 Å². The molecule has 0 aliphatic rings. The number of anilines is 2. The maximum atomic E-state index is 13.4. The standard InChI is InChI=1S/C17H18FN3O4/c1-11-3-4-12(18)9-16(11)20-17(22)14-10-13(21(23)24)5-6-15(14)19-7-8-25-2/h3-6,9-10,19H,7-8H2,1-2H3,(H,20,22). The van der Waals surface area contributed by atoms with Gasteiger partial charge in [0, 0.05) is 37.2 Å². The SMILES string of the molecule is COCCNc1ccc([N+](=O)[O-])cc1C(=O)Nc1cc(F)ccc1C. The molecule has 2 N–H and O–H groups in total. The summed E-state index contributed by atoms with van der Waals surface area (Å²) in [6.45, 7) is 2.55. The van der Waals surface area contributed by atoms with Crippen LogP contribution < -0.4 is 10.6 Å². The fraction of sp³-hybridized carbons (Fsp3) is 0.235. The fourth-order valence-electron chi connectivity index (χ4n) is 2.19. The maximum absolute atomic E-state index is 13.4. The molecule has 2 aromatic carbocycles. The minimum Gasteiger partial charge on any atom is -0.383 e. The molecule has 2 rings (SSSR count). The number of hydrogen-bond acceptors (Lipinski definition) is 5. The Morgan fingerprint density at radius 2 is 2.00 bits per heavy atom. The lowest BCUT2D eigenvalue weighted by atomic mass is 10.1. The number of benzene rings is 2. The van der Waals surface area contributed by atoms with Gasteiger partial charge in [-0.15, -0.1) is 0 Å². The van der Waals surface area contributed by atoms with Gasteiger partial charge in [0.05, 0.1) is 17.1 Å². The fourth-order valence-corrected chi connectivity index (χ4v) is 2.19. The third-order valence-electron chi connectivity index (χ3n) is 3.53. The first kappa shape index (κ1) is 18.3. The lowest BCUT2D eigenvalue weighted by Crippen LogP contribution is -2.17. The van der Waals surface area contributed by atoms with Crippen molar-refractivity contribution in [1.29, 1.82) is 0 Å². The van der Waals surface area contributed by atoms with E-state index in [4.69, 9.17) is 4.74 Å². The van der Waals surface area contributed by atoms with Crippen LogP contribution in [-0.4, -0.2) is 31.1 Å². The Bertz CT molecular complexity index is 795. The molecule has 0 aliphatic carbocycles. The van der Waals surface area contributed by atoms with Crippen molar-refractivity contribution in [3.63, 3.8) is 0 Å². The third-order valence-corrected chi connectivity index (χ3v) is 3.53. The minimum atomic E-state index is -0.580. The van der Waals surface area contributed by atoms with E-state index < -0.39 is 16.6 Å². The molecule has 0 heterocycles. The van der Waals surface area contributed by atoms with Crippen molar-refractivity contribution in [2.75, 3.05) is 30.9 Å². The van der Waals surface area contributed by atoms with E-state index >= 15 is 0 Å². The molecule has 0 fully saturated rings. The number of nitro benzene ring substituents is 1. The van der Waals surface area contributed by atoms with Crippen molar-refractivity contribution in [3.8, 4) is 0 Å². The Morgan fingerprint density at radius 1 is 1.24 bits per heavy atom. The number of carbonyl (C=O) groups excluding carboxylic acids is 1. The van der Waals surface area contributed by atoms with Crippen LogP contribution in [0.5, 0.6) is 0 Å². The van der Waals surface area contributed by atoms with Crippen LogP contribution in [0, 0.1) is 22.9 Å². The molecule has 0 unspecified atom stereocenters. The summed E-state index contributed by atoms with van der Waals surface area (Å²) in [6, 6.07) is 7.97. The van der Waals surface area contributed by atoms with Gasteiger partial charge in [-0.3, -0.25) is 14.9 Å². The number of methoxy groups -OCH3 is 1. The summed E-state index contributed by atoms with van der Waals surface area (Å²) in [7, 11) is 1.54. The van der Waals surface area contributed by atoms with E-state index in [1.165, 1.54) is 43.5 Å². The van der Waals surface area contributed by atoms with Crippen LogP contribution in [0.3, 0.4) is 0 Å². The zero-order valence-corrected chi connectivity index (χ0v) is 13.8. The van der Waals surface area contributed by atoms with Gasteiger partial charge in [-0.1, -0.05) is 6.07 Å². The molecular formula is C17H18FN3O4. The van der Waals surface area contributed by atoms with Gasteiger partial charge < -0.3 is 15.4 Å². The number of amides is 1. The zero-order chi connectivity index (χ0) is 18.4. The first-order valence-electron chi connectivity index (χ1n) is 7.51. The monoisotopic (exact) mass is 347 g/mol. The number of carbonyl (C=O) groups is 1. The molecule has 0 aromatic heterocycles. The van der Waals surface area contributed by atoms with E-state index in [1.54, 1.807) is 6.92 Å². The number of nitrogens with zero attached hydrogens (tertiary/aromatic N) is 1. The van der Waals surface area contributed by atoms with Crippen LogP contribution in [0.1, 0.15) is 15.9 Å². The second-order valence-electron chi connectivity index (χ2n) is 5.32. The summed E-state index contributed by atoms with van der Waals surface area (Å²) < 4.78 is 18.3. The number of nitro groups is 1. The topological polar surface area (TPSA) is 93.5 Å². The number of non-ortho nitro benzene ring substituents is 1. The molecule has 0 saturated carbocycles. The summed E-state index contributed by atoms with van der Waals surface area (Å²) in [5.74, 6) is -1.06. The van der Waals surface area contributed by atoms with E-state index in [2.05, 4.69) is 10.6 Å². The Morgan fingerprint density at radius 3 is 2.68 bits per heavy atom. The van der Waals surface area contributed by atoms with E-state index in [0.29, 0.717) is 30.1 Å². The molecule has 2 aromatic rings. The average molecular weight is 347 g/mol. The summed E-state index contributed by atoms with van der Waals surface area (Å²) in [6.07, 6.45) is 0. The van der Waals surface area contributed by atoms with E-state index in [-0.39, 0.29) is 11.3 Å². The lowest BCUT2D eigenvalue weighted by Gasteiger charge is -2.13. The highest BCUT2D eigenvalue weighted by molar-refractivity contribution is 6.08. The predicted octanol–water partition coefficient (Wildman–Crippen LogP) is 3.35. The Kier molecular flexibility index (Phi) is 6.02. The van der Waals surface area contributed by atoms with E-state index in [0.717, 1.165) is 0 Å². The largest absolute Gasteiger partial charge is 0.383 e. The minimum absolute atomic E-state index is 0.0916. The highest BCUT2D eigenvalue weighted by Gasteiger charge is 2.17. The number of nitrogens with one attached hydrogen (secondary N) is 2. The number of ether oxygens (including phenoxy) is 1. The molecule has 1 amide bonds. The lowest BCUT2D eigenvalue weighted by molar-refractivity contribution is -0.384. The molecule has 8 heteroatoms. The maximum Gasteiger partial charge on any atom is 0.270 e. The van der Waals surface area contributed by atoms with Gasteiger partial charge in [0.25, 0.3) is 11.6 Å². The van der Waals surface area contributed by atoms with Crippen molar-refractivity contribution < 1.29 is 18.8 Å². The summed E-state index contributed by atoms with van der Waals surface area (Å²) in [5.41, 5.74) is 1.29. The average Bonchev–Trinajstić information content (AvgIpc) is 2.58. The normalized spacial score (nSPS) is 10.4. The summed E-state index contributed by atoms with van der Waals surface area (Å²) in [5, 5.41) is 16.6. The number of halogens is 1. The van der Waals surface area contributed by atoms with Gasteiger partial charge in [0.1, 0.15) is 5.82 Å². The molecule has 0 atom stereocenters. The first-order valence-corrected chi connectivity index (χ1v) is 7.51. The predicted molar refractivity (Wildman–Crippen MR) is 92.6 cm³/mol. The van der Waals surface area contributed by atoms with Gasteiger partial charge in [-0.25, -0.2) is 4.39 Å². The molecule has 0 aliphatic heterocycles. The molecular weight excluding hydrogens is 329 g/mol. The van der Waals surface area contributed by atoms with Crippen LogP contribution >= 0.6 is 0 Å². The molecule has 0 bridgehead atoms. The molecule has 25 heavy (non-hydrogen) atoms. The van der Waals surface area contributed by atoms with Gasteiger partial charge in [0.2, 0.25) is 0 Å². The smallest absolute Gasteiger partial charge is 0.270 e. The van der Waals surface area contributed by atoms with Gasteiger partial charge >= 0.3 is 0 Å². The second kappa shape index (κ2) is 8.20. The van der Waals surface area contributed by atoms with Crippen molar-refractivity contribution in [2.24, 2.45) is 0 Å². The Balaban J connectivity index is 2.32. The first-order chi connectivity index (χ1) is 11.9. The summed E-state index contributed by atoms with van der Waals surface area (Å²) in [4.78, 5) is 23.0. The molecule has 0 radical (unpaired) electrons. The van der Waals surface area contributed by atoms with Crippen molar-refractivity contribution in [1.82, 2.24) is 0 Å². The molecule has 132 valence electrons. The van der Waals surface area contributed by atoms with Gasteiger partial charge in [0.15, 0.2) is 0 Å². The Hall–Kier alpha value is -3.00. The van der Waals surface area contributed by atoms with Crippen molar-refractivity contribution in [3.05, 3.63) is 63.5 Å². The Labute approximate surface area is 144 Å². The second-order valence-corrected chi connectivity index (χ2v) is 5.32. The molecule has 0 spiro atoms. The third kappa shape index (κ3) is 4.74. The van der Waals surface area contributed by atoms with Crippen LogP contribution in [0.4, 0.5) is 21.5 Å². The van der Waals surface area contributed by atoms with Crippen molar-refractivity contribution in [2.45, 2.75) is 6.92 Å². The van der Waals surface area contributed by atoms with Gasteiger partial charge in [-0.2, -0.15) is 0 Å². The number of aryl methyl sites for hydroxylation is 1. The summed E-state index contributed by atoms with van der Waals surface area (Å²) >= 11 is 0. The van der Waals surface area contributed by atoms with E-state index in [9.17, 15) is 19.3 Å². The number of hydrogen-bond donors (Lipinski definition) is 2.